The van der Waals surface area contributed by atoms with Crippen molar-refractivity contribution in [3.8, 4) is 17.2 Å². The van der Waals surface area contributed by atoms with E-state index < -0.39 is 0 Å². The molecule has 5 heteroatoms. The van der Waals surface area contributed by atoms with Gasteiger partial charge in [0.2, 0.25) is 5.75 Å². The molecule has 2 atom stereocenters. The smallest absolute Gasteiger partial charge is 0.203 e. The highest BCUT2D eigenvalue weighted by molar-refractivity contribution is 5.54. The number of benzene rings is 1. The normalized spacial score (nSPS) is 19.7. The Bertz CT molecular complexity index is 415. The van der Waals surface area contributed by atoms with Crippen LogP contribution in [0, 0.1) is 0 Å². The SMILES string of the molecule is COc1cc(C(OC)C2CCCO2)cc(OC)c1OC. The Morgan fingerprint density at radius 2 is 1.70 bits per heavy atom. The molecule has 5 nitrogen and oxygen atoms in total. The standard InChI is InChI=1S/C15H22O5/c1-16-12-8-10(9-13(17-2)15(12)19-4)14(18-3)11-6-5-7-20-11/h8-9,11,14H,5-7H2,1-4H3. The lowest BCUT2D eigenvalue weighted by Crippen LogP contribution is -2.19. The van der Waals surface area contributed by atoms with Gasteiger partial charge >= 0.3 is 0 Å². The lowest BCUT2D eigenvalue weighted by molar-refractivity contribution is -0.0285. The van der Waals surface area contributed by atoms with Crippen LogP contribution in [0.3, 0.4) is 0 Å². The van der Waals surface area contributed by atoms with Crippen LogP contribution >= 0.6 is 0 Å². The molecule has 1 aromatic rings. The first-order chi connectivity index (χ1) is 9.74. The molecule has 0 saturated carbocycles. The molecule has 1 saturated heterocycles. The molecule has 2 unspecified atom stereocenters. The van der Waals surface area contributed by atoms with Crippen molar-refractivity contribution in [3.05, 3.63) is 17.7 Å². The van der Waals surface area contributed by atoms with E-state index in [1.165, 1.54) is 0 Å². The van der Waals surface area contributed by atoms with Gasteiger partial charge in [0.25, 0.3) is 0 Å². The molecule has 0 aliphatic carbocycles. The summed E-state index contributed by atoms with van der Waals surface area (Å²) in [4.78, 5) is 0. The Balaban J connectivity index is 2.39. The molecule has 1 aliphatic heterocycles. The summed E-state index contributed by atoms with van der Waals surface area (Å²) in [5.41, 5.74) is 0.967. The van der Waals surface area contributed by atoms with Gasteiger partial charge in [-0.3, -0.25) is 0 Å². The molecule has 0 spiro atoms. The Kier molecular flexibility index (Phi) is 5.09. The van der Waals surface area contributed by atoms with Gasteiger partial charge in [0.05, 0.1) is 27.4 Å². The van der Waals surface area contributed by atoms with E-state index in [4.69, 9.17) is 23.7 Å². The number of hydrogen-bond donors (Lipinski definition) is 0. The van der Waals surface area contributed by atoms with Gasteiger partial charge in [-0.2, -0.15) is 0 Å². The second-order valence-corrected chi connectivity index (χ2v) is 4.67. The Hall–Kier alpha value is -1.46. The quantitative estimate of drug-likeness (QED) is 0.802. The van der Waals surface area contributed by atoms with Crippen molar-refractivity contribution in [2.24, 2.45) is 0 Å². The second kappa shape index (κ2) is 6.81. The van der Waals surface area contributed by atoms with Gasteiger partial charge in [0.1, 0.15) is 6.10 Å². The van der Waals surface area contributed by atoms with E-state index >= 15 is 0 Å². The number of rotatable bonds is 6. The molecule has 2 rings (SSSR count). The van der Waals surface area contributed by atoms with Gasteiger partial charge in [0, 0.05) is 13.7 Å². The van der Waals surface area contributed by atoms with E-state index in [0.29, 0.717) is 17.2 Å². The average Bonchev–Trinajstić information content (AvgIpc) is 3.00. The summed E-state index contributed by atoms with van der Waals surface area (Å²) in [6.45, 7) is 0.787. The van der Waals surface area contributed by atoms with Crippen molar-refractivity contribution in [1.82, 2.24) is 0 Å². The molecule has 1 heterocycles. The Morgan fingerprint density at radius 3 is 2.10 bits per heavy atom. The Labute approximate surface area is 119 Å². The maximum Gasteiger partial charge on any atom is 0.203 e. The largest absolute Gasteiger partial charge is 0.493 e. The molecule has 0 radical (unpaired) electrons. The van der Waals surface area contributed by atoms with Crippen LogP contribution in [0.5, 0.6) is 17.2 Å². The number of ether oxygens (including phenoxy) is 5. The van der Waals surface area contributed by atoms with Gasteiger partial charge in [0.15, 0.2) is 11.5 Å². The summed E-state index contributed by atoms with van der Waals surface area (Å²) in [5.74, 6) is 1.84. The van der Waals surface area contributed by atoms with Gasteiger partial charge < -0.3 is 23.7 Å². The van der Waals surface area contributed by atoms with Crippen LogP contribution in [-0.4, -0.2) is 41.2 Å². The monoisotopic (exact) mass is 282 g/mol. The van der Waals surface area contributed by atoms with Crippen LogP contribution in [0.15, 0.2) is 12.1 Å². The summed E-state index contributed by atoms with van der Waals surface area (Å²) in [7, 11) is 6.49. The first-order valence-corrected chi connectivity index (χ1v) is 6.69. The third-order valence-corrected chi connectivity index (χ3v) is 3.57. The maximum absolute atomic E-state index is 5.73. The highest BCUT2D eigenvalue weighted by atomic mass is 16.5. The number of methoxy groups -OCH3 is 4. The molecule has 112 valence electrons. The molecule has 0 amide bonds. The van der Waals surface area contributed by atoms with E-state index in [1.807, 2.05) is 12.1 Å². The predicted octanol–water partition coefficient (Wildman–Crippen LogP) is 2.58. The number of hydrogen-bond acceptors (Lipinski definition) is 5. The van der Waals surface area contributed by atoms with Crippen LogP contribution in [0.2, 0.25) is 0 Å². The van der Waals surface area contributed by atoms with E-state index in [9.17, 15) is 0 Å². The van der Waals surface area contributed by atoms with Crippen LogP contribution in [-0.2, 0) is 9.47 Å². The van der Waals surface area contributed by atoms with Crippen LogP contribution in [0.1, 0.15) is 24.5 Å². The molecular weight excluding hydrogens is 260 g/mol. The zero-order chi connectivity index (χ0) is 14.5. The zero-order valence-corrected chi connectivity index (χ0v) is 12.5. The molecular formula is C15H22O5. The van der Waals surface area contributed by atoms with Gasteiger partial charge in [-0.15, -0.1) is 0 Å². The van der Waals surface area contributed by atoms with E-state index in [-0.39, 0.29) is 12.2 Å². The molecule has 1 aromatic carbocycles. The lowest BCUT2D eigenvalue weighted by Gasteiger charge is -2.23. The third kappa shape index (κ3) is 2.83. The molecule has 0 bridgehead atoms. The fourth-order valence-electron chi connectivity index (χ4n) is 2.61. The van der Waals surface area contributed by atoms with Crippen molar-refractivity contribution in [1.29, 1.82) is 0 Å². The summed E-state index contributed by atoms with van der Waals surface area (Å²) in [5, 5.41) is 0. The second-order valence-electron chi connectivity index (χ2n) is 4.67. The minimum Gasteiger partial charge on any atom is -0.493 e. The van der Waals surface area contributed by atoms with Crippen molar-refractivity contribution in [3.63, 3.8) is 0 Å². The fraction of sp³-hybridized carbons (Fsp3) is 0.600. The van der Waals surface area contributed by atoms with Crippen LogP contribution in [0.4, 0.5) is 0 Å². The summed E-state index contributed by atoms with van der Waals surface area (Å²) in [6, 6.07) is 3.83. The van der Waals surface area contributed by atoms with Gasteiger partial charge in [-0.05, 0) is 30.5 Å². The first kappa shape index (κ1) is 14.9. The van der Waals surface area contributed by atoms with Gasteiger partial charge in [-0.1, -0.05) is 0 Å². The van der Waals surface area contributed by atoms with Crippen LogP contribution < -0.4 is 14.2 Å². The molecule has 0 aromatic heterocycles. The molecule has 1 aliphatic rings. The minimum atomic E-state index is -0.133. The zero-order valence-electron chi connectivity index (χ0n) is 12.5. The average molecular weight is 282 g/mol. The van der Waals surface area contributed by atoms with Gasteiger partial charge in [-0.25, -0.2) is 0 Å². The molecule has 1 fully saturated rings. The van der Waals surface area contributed by atoms with Crippen molar-refractivity contribution in [2.75, 3.05) is 35.0 Å². The highest BCUT2D eigenvalue weighted by Crippen LogP contribution is 2.41. The molecule has 20 heavy (non-hydrogen) atoms. The summed E-state index contributed by atoms with van der Waals surface area (Å²) < 4.78 is 27.4. The minimum absolute atomic E-state index is 0.0720. The van der Waals surface area contributed by atoms with Crippen LogP contribution in [0.25, 0.3) is 0 Å². The van der Waals surface area contributed by atoms with E-state index in [0.717, 1.165) is 25.0 Å². The fourth-order valence-corrected chi connectivity index (χ4v) is 2.61. The van der Waals surface area contributed by atoms with Crippen molar-refractivity contribution in [2.45, 2.75) is 25.0 Å². The maximum atomic E-state index is 5.73. The first-order valence-electron chi connectivity index (χ1n) is 6.69. The van der Waals surface area contributed by atoms with Crippen molar-refractivity contribution >= 4 is 0 Å². The van der Waals surface area contributed by atoms with Crippen molar-refractivity contribution < 1.29 is 23.7 Å². The van der Waals surface area contributed by atoms with E-state index in [2.05, 4.69) is 0 Å². The summed E-state index contributed by atoms with van der Waals surface area (Å²) in [6.07, 6.45) is 2.00. The predicted molar refractivity (Wildman–Crippen MR) is 74.8 cm³/mol. The topological polar surface area (TPSA) is 46.2 Å². The third-order valence-electron chi connectivity index (χ3n) is 3.57. The molecule has 0 N–H and O–H groups in total. The van der Waals surface area contributed by atoms with E-state index in [1.54, 1.807) is 28.4 Å². The summed E-state index contributed by atoms with van der Waals surface area (Å²) >= 11 is 0. The lowest BCUT2D eigenvalue weighted by atomic mass is 10.0. The Morgan fingerprint density at radius 1 is 1.05 bits per heavy atom. The highest BCUT2D eigenvalue weighted by Gasteiger charge is 2.29.